The highest BCUT2D eigenvalue weighted by atomic mass is 32.2. The molecule has 0 aliphatic carbocycles. The maximum absolute atomic E-state index is 13.2. The maximum Gasteiger partial charge on any atom is 0.362 e. The number of β-lactam (4-membered cyclic amide) rings is 1. The van der Waals surface area contributed by atoms with Crippen molar-refractivity contribution >= 4 is 55.8 Å². The second-order valence-electron chi connectivity index (χ2n) is 9.32. The summed E-state index contributed by atoms with van der Waals surface area (Å²) in [5, 5.41) is 24.8. The molecule has 0 bridgehead atoms. The highest BCUT2D eigenvalue weighted by molar-refractivity contribution is 7.84. The van der Waals surface area contributed by atoms with E-state index in [1.807, 2.05) is 18.1 Å². The Balaban J connectivity index is 1.59. The lowest BCUT2D eigenvalue weighted by atomic mass is 9.98. The molecule has 4 rings (SSSR count). The number of rotatable bonds is 10. The van der Waals surface area contributed by atoms with Gasteiger partial charge in [-0.1, -0.05) is 16.4 Å². The number of hydrogen-bond donors (Lipinski definition) is 4. The summed E-state index contributed by atoms with van der Waals surface area (Å²) in [6.45, 7) is 2.11. The topological polar surface area (TPSA) is 236 Å². The molecule has 41 heavy (non-hydrogen) atoms. The van der Waals surface area contributed by atoms with Crippen molar-refractivity contribution in [3.63, 3.8) is 0 Å². The van der Waals surface area contributed by atoms with E-state index in [-0.39, 0.29) is 21.7 Å². The molecule has 17 nitrogen and oxygen atoms in total. The van der Waals surface area contributed by atoms with E-state index < -0.39 is 51.5 Å². The third-order valence-corrected chi connectivity index (χ3v) is 7.48. The molecule has 2 aromatic rings. The average Bonchev–Trinajstić information content (AvgIpc) is 3.46. The summed E-state index contributed by atoms with van der Waals surface area (Å²) >= 11 is 0.962. The number of carbonyl (C=O) groups excluding carboxylic acids is 2. The first-order chi connectivity index (χ1) is 19.2. The molecule has 5 N–H and O–H groups in total. The summed E-state index contributed by atoms with van der Waals surface area (Å²) in [5.41, 5.74) is 4.37. The number of thiazole rings is 1. The van der Waals surface area contributed by atoms with E-state index in [1.165, 1.54) is 30.1 Å². The maximum atomic E-state index is 13.2. The normalized spacial score (nSPS) is 19.5. The molecule has 0 aromatic carbocycles. The van der Waals surface area contributed by atoms with Crippen molar-refractivity contribution < 1.29 is 37.3 Å². The number of allylic oxidation sites excluding steroid dienone is 4. The van der Waals surface area contributed by atoms with Gasteiger partial charge in [0.15, 0.2) is 10.8 Å². The highest BCUT2D eigenvalue weighted by Gasteiger charge is 2.54. The van der Waals surface area contributed by atoms with Gasteiger partial charge in [-0.3, -0.25) is 14.1 Å². The quantitative estimate of drug-likeness (QED) is 0.115. The Morgan fingerprint density at radius 1 is 1.32 bits per heavy atom. The van der Waals surface area contributed by atoms with Crippen molar-refractivity contribution in [3.8, 4) is 0 Å². The van der Waals surface area contributed by atoms with Gasteiger partial charge in [0, 0.05) is 30.4 Å². The number of hydrogen-bond acceptors (Lipinski definition) is 13. The van der Waals surface area contributed by atoms with Crippen LogP contribution >= 0.6 is 11.3 Å². The Kier molecular flexibility index (Phi) is 7.95. The Bertz CT molecular complexity index is 1610. The number of nitrogens with zero attached hydrogens (tertiary/aromatic N) is 7. The van der Waals surface area contributed by atoms with Crippen molar-refractivity contribution in [1.82, 2.24) is 34.5 Å². The standard InChI is InChI=1S/C22H25N9O8S2/c1-22(2,20(34)35)39-27-16(14-11-40-21(23)24-14)18(32)25-17-15(31(19(17)33)41(36,37)38)10-30-9-13(26-28-30)12-5-4-7-29(3)8-6-12/h4-9,11,15,17H,10H2,1-3H3,(H2,23,24)(H,25,32)(H,34,35)(H,36,37,38)/b27-16-/t15-,17+/m1/s1. The Morgan fingerprint density at radius 3 is 2.68 bits per heavy atom. The fourth-order valence-corrected chi connectivity index (χ4v) is 5.04. The number of carbonyl (C=O) groups is 3. The van der Waals surface area contributed by atoms with Gasteiger partial charge >= 0.3 is 16.3 Å². The van der Waals surface area contributed by atoms with Crippen molar-refractivity contribution in [1.29, 1.82) is 0 Å². The predicted octanol–water partition coefficient (Wildman–Crippen LogP) is -0.544. The first-order valence-corrected chi connectivity index (χ1v) is 14.0. The molecule has 2 atom stereocenters. The first kappa shape index (κ1) is 29.4. The van der Waals surface area contributed by atoms with E-state index >= 15 is 0 Å². The van der Waals surface area contributed by atoms with Gasteiger partial charge < -0.3 is 25.9 Å². The molecule has 1 saturated heterocycles. The van der Waals surface area contributed by atoms with Gasteiger partial charge in [0.05, 0.1) is 18.8 Å². The molecule has 2 aromatic heterocycles. The molecule has 0 unspecified atom stereocenters. The minimum absolute atomic E-state index is 0.0656. The smallest absolute Gasteiger partial charge is 0.362 e. The summed E-state index contributed by atoms with van der Waals surface area (Å²) in [7, 11) is -3.16. The number of amides is 2. The molecule has 0 saturated carbocycles. The van der Waals surface area contributed by atoms with Gasteiger partial charge in [-0.2, -0.15) is 8.42 Å². The second kappa shape index (κ2) is 11.1. The number of anilines is 1. The van der Waals surface area contributed by atoms with E-state index in [9.17, 15) is 32.5 Å². The van der Waals surface area contributed by atoms with Gasteiger partial charge in [0.1, 0.15) is 17.4 Å². The fraction of sp³-hybridized carbons (Fsp3) is 0.318. The molecule has 0 spiro atoms. The summed E-state index contributed by atoms with van der Waals surface area (Å²) < 4.78 is 35.0. The van der Waals surface area contributed by atoms with Crippen LogP contribution in [0.4, 0.5) is 5.13 Å². The molecule has 2 aliphatic rings. The molecule has 1 fully saturated rings. The summed E-state index contributed by atoms with van der Waals surface area (Å²) in [6, 6.07) is -2.77. The van der Waals surface area contributed by atoms with E-state index in [0.29, 0.717) is 11.3 Å². The number of nitrogens with one attached hydrogen (secondary N) is 1. The molecule has 0 radical (unpaired) electrons. The monoisotopic (exact) mass is 607 g/mol. The molecule has 218 valence electrons. The van der Waals surface area contributed by atoms with E-state index in [4.69, 9.17) is 10.6 Å². The van der Waals surface area contributed by atoms with Gasteiger partial charge in [-0.05, 0) is 26.0 Å². The third kappa shape index (κ3) is 6.42. The molecule has 19 heteroatoms. The number of carboxylic acids is 1. The van der Waals surface area contributed by atoms with Crippen LogP contribution in [0.5, 0.6) is 0 Å². The number of carboxylic acid groups (broad SMARTS) is 1. The van der Waals surface area contributed by atoms with Crippen LogP contribution in [0.25, 0.3) is 5.57 Å². The minimum atomic E-state index is -5.00. The third-order valence-electron chi connectivity index (χ3n) is 5.86. The minimum Gasteiger partial charge on any atom is -0.478 e. The van der Waals surface area contributed by atoms with Gasteiger partial charge in [0.2, 0.25) is 5.60 Å². The van der Waals surface area contributed by atoms with Crippen LogP contribution in [0.3, 0.4) is 0 Å². The van der Waals surface area contributed by atoms with E-state index in [2.05, 4.69) is 25.8 Å². The van der Waals surface area contributed by atoms with Crippen LogP contribution in [0.15, 0.2) is 47.4 Å². The van der Waals surface area contributed by atoms with Crippen LogP contribution in [-0.4, -0.2) is 95.5 Å². The SMILES string of the molecule is CN1C=CC=C(c2cn(C[C@@H]3[C@H](NC(=O)/C(=N\OC(C)(C)C(=O)O)c4csc(N)n4)C(=O)N3S(=O)(=O)O)nn2)C=C1. The summed E-state index contributed by atoms with van der Waals surface area (Å²) in [4.78, 5) is 48.2. The van der Waals surface area contributed by atoms with Gasteiger partial charge in [-0.15, -0.1) is 16.4 Å². The number of aromatic nitrogens is 4. The highest BCUT2D eigenvalue weighted by Crippen LogP contribution is 2.26. The lowest BCUT2D eigenvalue weighted by molar-refractivity contribution is -0.161. The molecule has 2 aliphatic heterocycles. The van der Waals surface area contributed by atoms with Crippen molar-refractivity contribution in [2.24, 2.45) is 5.16 Å². The Labute approximate surface area is 237 Å². The number of aliphatic carboxylic acids is 1. The van der Waals surface area contributed by atoms with E-state index in [0.717, 1.165) is 11.3 Å². The van der Waals surface area contributed by atoms with Crippen LogP contribution in [0.1, 0.15) is 25.2 Å². The number of oxime groups is 1. The van der Waals surface area contributed by atoms with E-state index in [1.54, 1.807) is 24.4 Å². The number of nitrogen functional groups attached to an aromatic ring is 1. The zero-order valence-electron chi connectivity index (χ0n) is 21.8. The van der Waals surface area contributed by atoms with Crippen LogP contribution in [0.2, 0.25) is 0 Å². The molecular weight excluding hydrogens is 582 g/mol. The van der Waals surface area contributed by atoms with Crippen LogP contribution in [0, 0.1) is 0 Å². The molecule has 4 heterocycles. The Morgan fingerprint density at radius 2 is 2.05 bits per heavy atom. The summed E-state index contributed by atoms with van der Waals surface area (Å²) in [6.07, 6.45) is 10.5. The molecule has 2 amide bonds. The van der Waals surface area contributed by atoms with Gasteiger partial charge in [-0.25, -0.2) is 18.8 Å². The average molecular weight is 608 g/mol. The lowest BCUT2D eigenvalue weighted by Gasteiger charge is -2.43. The van der Waals surface area contributed by atoms with Gasteiger partial charge in [0.25, 0.3) is 11.8 Å². The Hall–Kier alpha value is -4.62. The van der Waals surface area contributed by atoms with Crippen molar-refractivity contribution in [3.05, 3.63) is 53.6 Å². The van der Waals surface area contributed by atoms with Crippen LogP contribution < -0.4 is 11.1 Å². The summed E-state index contributed by atoms with van der Waals surface area (Å²) in [5.74, 6) is -3.54. The zero-order chi connectivity index (χ0) is 30.1. The largest absolute Gasteiger partial charge is 0.478 e. The fourth-order valence-electron chi connectivity index (χ4n) is 3.62. The second-order valence-corrected chi connectivity index (χ2v) is 11.5. The first-order valence-electron chi connectivity index (χ1n) is 11.7. The van der Waals surface area contributed by atoms with Crippen molar-refractivity contribution in [2.75, 3.05) is 12.8 Å². The molecular formula is C22H25N9O8S2. The lowest BCUT2D eigenvalue weighted by Crippen LogP contribution is -2.73. The van der Waals surface area contributed by atoms with Crippen molar-refractivity contribution in [2.45, 2.75) is 38.1 Å². The predicted molar refractivity (Wildman–Crippen MR) is 144 cm³/mol. The number of nitrogens with two attached hydrogens (primary N) is 1. The zero-order valence-corrected chi connectivity index (χ0v) is 23.4. The van der Waals surface area contributed by atoms with Crippen LogP contribution in [-0.2, 0) is 36.1 Å².